The summed E-state index contributed by atoms with van der Waals surface area (Å²) >= 11 is 0. The topological polar surface area (TPSA) is 38.3 Å². The first kappa shape index (κ1) is 13.5. The number of rotatable bonds is 6. The molecule has 1 amide bonds. The van der Waals surface area contributed by atoms with E-state index in [4.69, 9.17) is 4.74 Å². The molecular weight excluding hydrogens is 221 g/mol. The van der Waals surface area contributed by atoms with E-state index in [1.807, 2.05) is 13.8 Å². The third kappa shape index (κ3) is 4.43. The van der Waals surface area contributed by atoms with E-state index in [1.54, 1.807) is 12.1 Å². The molecule has 0 unspecified atom stereocenters. The Balaban J connectivity index is 2.41. The molecule has 0 fully saturated rings. The van der Waals surface area contributed by atoms with Crippen LogP contribution in [0.1, 0.15) is 26.7 Å². The summed E-state index contributed by atoms with van der Waals surface area (Å²) in [7, 11) is 0. The van der Waals surface area contributed by atoms with Crippen molar-refractivity contribution in [1.29, 1.82) is 0 Å². The van der Waals surface area contributed by atoms with Crippen molar-refractivity contribution in [2.75, 3.05) is 6.61 Å². The van der Waals surface area contributed by atoms with E-state index in [0.29, 0.717) is 0 Å². The van der Waals surface area contributed by atoms with Crippen molar-refractivity contribution in [3.05, 3.63) is 30.1 Å². The van der Waals surface area contributed by atoms with Gasteiger partial charge in [-0.15, -0.1) is 0 Å². The number of benzene rings is 1. The van der Waals surface area contributed by atoms with Crippen molar-refractivity contribution in [2.45, 2.75) is 32.7 Å². The number of carbonyl (C=O) groups excluding carboxylic acids is 1. The summed E-state index contributed by atoms with van der Waals surface area (Å²) in [6, 6.07) is 6.20. The molecule has 0 aliphatic rings. The van der Waals surface area contributed by atoms with E-state index in [2.05, 4.69) is 5.32 Å². The van der Waals surface area contributed by atoms with E-state index in [9.17, 15) is 9.18 Å². The maximum absolute atomic E-state index is 13.2. The van der Waals surface area contributed by atoms with Crippen LogP contribution >= 0.6 is 0 Å². The predicted molar refractivity (Wildman–Crippen MR) is 64.4 cm³/mol. The zero-order valence-corrected chi connectivity index (χ0v) is 10.2. The SMILES string of the molecule is CCC(CC)NC(=O)COc1ccccc1F. The molecule has 0 radical (unpaired) electrons. The van der Waals surface area contributed by atoms with Gasteiger partial charge < -0.3 is 10.1 Å². The van der Waals surface area contributed by atoms with Gasteiger partial charge in [0, 0.05) is 6.04 Å². The van der Waals surface area contributed by atoms with Gasteiger partial charge in [0.05, 0.1) is 0 Å². The van der Waals surface area contributed by atoms with Gasteiger partial charge in [0.2, 0.25) is 0 Å². The monoisotopic (exact) mass is 239 g/mol. The summed E-state index contributed by atoms with van der Waals surface area (Å²) in [5.41, 5.74) is 0. The number of carbonyl (C=O) groups is 1. The van der Waals surface area contributed by atoms with Gasteiger partial charge in [-0.3, -0.25) is 4.79 Å². The van der Waals surface area contributed by atoms with Crippen LogP contribution < -0.4 is 10.1 Å². The Hall–Kier alpha value is -1.58. The van der Waals surface area contributed by atoms with Crippen molar-refractivity contribution in [2.24, 2.45) is 0 Å². The molecule has 1 aromatic carbocycles. The Morgan fingerprint density at radius 1 is 1.35 bits per heavy atom. The van der Waals surface area contributed by atoms with Crippen LogP contribution in [0.2, 0.25) is 0 Å². The summed E-state index contributed by atoms with van der Waals surface area (Å²) in [5.74, 6) is -0.572. The summed E-state index contributed by atoms with van der Waals surface area (Å²) < 4.78 is 18.3. The maximum Gasteiger partial charge on any atom is 0.258 e. The van der Waals surface area contributed by atoms with E-state index < -0.39 is 5.82 Å². The van der Waals surface area contributed by atoms with Crippen LogP contribution in [0.3, 0.4) is 0 Å². The van der Waals surface area contributed by atoms with Crippen molar-refractivity contribution in [3.63, 3.8) is 0 Å². The number of amides is 1. The van der Waals surface area contributed by atoms with Crippen LogP contribution in [0.4, 0.5) is 4.39 Å². The molecule has 4 heteroatoms. The fourth-order valence-corrected chi connectivity index (χ4v) is 1.47. The van der Waals surface area contributed by atoms with Gasteiger partial charge >= 0.3 is 0 Å². The number of ether oxygens (including phenoxy) is 1. The van der Waals surface area contributed by atoms with Crippen molar-refractivity contribution < 1.29 is 13.9 Å². The number of nitrogens with one attached hydrogen (secondary N) is 1. The van der Waals surface area contributed by atoms with Crippen molar-refractivity contribution >= 4 is 5.91 Å². The molecule has 1 aromatic rings. The lowest BCUT2D eigenvalue weighted by atomic mass is 10.2. The van der Waals surface area contributed by atoms with Gasteiger partial charge in [-0.25, -0.2) is 4.39 Å². The van der Waals surface area contributed by atoms with Crippen LogP contribution in [0.25, 0.3) is 0 Å². The van der Waals surface area contributed by atoms with Crippen molar-refractivity contribution in [3.8, 4) is 5.75 Å². The van der Waals surface area contributed by atoms with Crippen LogP contribution in [-0.2, 0) is 4.79 Å². The van der Waals surface area contributed by atoms with Gasteiger partial charge in [0.1, 0.15) is 0 Å². The second-order valence-corrected chi connectivity index (χ2v) is 3.80. The lowest BCUT2D eigenvalue weighted by Gasteiger charge is -2.15. The molecule has 0 spiro atoms. The highest BCUT2D eigenvalue weighted by Gasteiger charge is 2.09. The molecule has 17 heavy (non-hydrogen) atoms. The quantitative estimate of drug-likeness (QED) is 0.828. The Bertz CT molecular complexity index is 364. The standard InChI is InChI=1S/C13H18FNO2/c1-3-10(4-2)15-13(16)9-17-12-8-6-5-7-11(12)14/h5-8,10H,3-4,9H2,1-2H3,(H,15,16). The third-order valence-corrected chi connectivity index (χ3v) is 2.55. The molecule has 3 nitrogen and oxygen atoms in total. The molecule has 1 rings (SSSR count). The van der Waals surface area contributed by atoms with Gasteiger partial charge in [-0.1, -0.05) is 26.0 Å². The summed E-state index contributed by atoms with van der Waals surface area (Å²) in [5, 5.41) is 2.82. The van der Waals surface area contributed by atoms with Crippen LogP contribution in [0.15, 0.2) is 24.3 Å². The minimum Gasteiger partial charge on any atom is -0.481 e. The Kier molecular flexibility index (Phi) is 5.46. The fraction of sp³-hybridized carbons (Fsp3) is 0.462. The first-order valence-corrected chi connectivity index (χ1v) is 5.84. The first-order valence-electron chi connectivity index (χ1n) is 5.84. The van der Waals surface area contributed by atoms with Crippen molar-refractivity contribution in [1.82, 2.24) is 5.32 Å². The second kappa shape index (κ2) is 6.89. The molecule has 0 bridgehead atoms. The highest BCUT2D eigenvalue weighted by molar-refractivity contribution is 5.77. The van der Waals surface area contributed by atoms with Gasteiger partial charge in [0.15, 0.2) is 18.2 Å². The molecule has 0 atom stereocenters. The first-order chi connectivity index (χ1) is 8.17. The largest absolute Gasteiger partial charge is 0.481 e. The molecular formula is C13H18FNO2. The van der Waals surface area contributed by atoms with Crippen LogP contribution in [0, 0.1) is 5.82 Å². The Morgan fingerprint density at radius 2 is 2.00 bits per heavy atom. The number of para-hydroxylation sites is 1. The zero-order valence-electron chi connectivity index (χ0n) is 10.2. The third-order valence-electron chi connectivity index (χ3n) is 2.55. The highest BCUT2D eigenvalue weighted by atomic mass is 19.1. The molecule has 0 saturated carbocycles. The highest BCUT2D eigenvalue weighted by Crippen LogP contribution is 2.14. The average Bonchev–Trinajstić information content (AvgIpc) is 2.35. The number of hydrogen-bond donors (Lipinski definition) is 1. The fourth-order valence-electron chi connectivity index (χ4n) is 1.47. The second-order valence-electron chi connectivity index (χ2n) is 3.80. The summed E-state index contributed by atoms with van der Waals surface area (Å²) in [4.78, 5) is 11.5. The minimum atomic E-state index is -0.456. The van der Waals surface area contributed by atoms with Crippen LogP contribution in [0.5, 0.6) is 5.75 Å². The van der Waals surface area contributed by atoms with E-state index >= 15 is 0 Å². The molecule has 0 aliphatic heterocycles. The molecule has 94 valence electrons. The molecule has 1 N–H and O–H groups in total. The number of hydrogen-bond acceptors (Lipinski definition) is 2. The van der Waals surface area contributed by atoms with E-state index in [-0.39, 0.29) is 24.3 Å². The zero-order chi connectivity index (χ0) is 12.7. The lowest BCUT2D eigenvalue weighted by Crippen LogP contribution is -2.37. The predicted octanol–water partition coefficient (Wildman–Crippen LogP) is 2.51. The van der Waals surface area contributed by atoms with E-state index in [1.165, 1.54) is 12.1 Å². The molecule has 0 saturated heterocycles. The molecule has 0 aliphatic carbocycles. The lowest BCUT2D eigenvalue weighted by molar-refractivity contribution is -0.123. The summed E-state index contributed by atoms with van der Waals surface area (Å²) in [6.07, 6.45) is 1.75. The molecule has 0 aromatic heterocycles. The van der Waals surface area contributed by atoms with E-state index in [0.717, 1.165) is 12.8 Å². The maximum atomic E-state index is 13.2. The van der Waals surface area contributed by atoms with Gasteiger partial charge in [0.25, 0.3) is 5.91 Å². The summed E-state index contributed by atoms with van der Waals surface area (Å²) in [6.45, 7) is 3.86. The van der Waals surface area contributed by atoms with Crippen LogP contribution in [-0.4, -0.2) is 18.6 Å². The smallest absolute Gasteiger partial charge is 0.258 e. The Morgan fingerprint density at radius 3 is 2.59 bits per heavy atom. The van der Waals surface area contributed by atoms with Gasteiger partial charge in [-0.2, -0.15) is 0 Å². The van der Waals surface area contributed by atoms with Gasteiger partial charge in [-0.05, 0) is 25.0 Å². The normalized spacial score (nSPS) is 10.4. The minimum absolute atomic E-state index is 0.104. The molecule has 0 heterocycles. The number of halogens is 1. The Labute approximate surface area is 101 Å². The average molecular weight is 239 g/mol.